The molecule has 5 rings (SSSR count). The zero-order valence-corrected chi connectivity index (χ0v) is 28.6. The fourth-order valence-corrected chi connectivity index (χ4v) is 5.31. The summed E-state index contributed by atoms with van der Waals surface area (Å²) < 4.78 is 6.75. The molecule has 0 unspecified atom stereocenters. The molecule has 0 saturated carbocycles. The van der Waals surface area contributed by atoms with Gasteiger partial charge in [-0.1, -0.05) is 84.9 Å². The van der Waals surface area contributed by atoms with E-state index in [0.717, 1.165) is 34.3 Å². The van der Waals surface area contributed by atoms with Gasteiger partial charge in [0.1, 0.15) is 13.2 Å². The van der Waals surface area contributed by atoms with Crippen LogP contribution in [0, 0.1) is 5.41 Å². The molecule has 0 bridgehead atoms. The average Bonchev–Trinajstić information content (AvgIpc) is 3.13. The van der Waals surface area contributed by atoms with E-state index in [-0.39, 0.29) is 37.5 Å². The molecule has 0 spiro atoms. The monoisotopic (exact) mass is 683 g/mol. The van der Waals surface area contributed by atoms with Gasteiger partial charge < -0.3 is 21.1 Å². The minimum Gasteiger partial charge on any atom is -0.444 e. The summed E-state index contributed by atoms with van der Waals surface area (Å²) in [6, 6.07) is 31.6. The second-order valence-corrected chi connectivity index (χ2v) is 12.1. The summed E-state index contributed by atoms with van der Waals surface area (Å²) in [6.07, 6.45) is 6.55. The summed E-state index contributed by atoms with van der Waals surface area (Å²) in [6.45, 7) is 3.79. The van der Waals surface area contributed by atoms with E-state index in [4.69, 9.17) is 15.9 Å². The van der Waals surface area contributed by atoms with Gasteiger partial charge >= 0.3 is 6.09 Å². The molecule has 1 aromatic heterocycles. The van der Waals surface area contributed by atoms with Crippen LogP contribution in [0.3, 0.4) is 0 Å². The zero-order valence-electron chi connectivity index (χ0n) is 28.6. The van der Waals surface area contributed by atoms with Gasteiger partial charge in [0.25, 0.3) is 5.56 Å². The molecule has 0 saturated heterocycles. The van der Waals surface area contributed by atoms with Gasteiger partial charge in [0.05, 0.1) is 23.9 Å². The third-order valence-corrected chi connectivity index (χ3v) is 7.80. The number of carbonyl (C=O) groups excluding carboxylic acids is 2. The van der Waals surface area contributed by atoms with Crippen molar-refractivity contribution >= 4 is 41.6 Å². The lowest BCUT2D eigenvalue weighted by atomic mass is 10.0. The highest BCUT2D eigenvalue weighted by molar-refractivity contribution is 6.04. The number of hydrogen-bond acceptors (Lipinski definition) is 8. The first kappa shape index (κ1) is 35.8. The lowest BCUT2D eigenvalue weighted by molar-refractivity contribution is -0.121. The lowest BCUT2D eigenvalue weighted by Gasteiger charge is -2.18. The van der Waals surface area contributed by atoms with E-state index >= 15 is 0 Å². The standard InChI is InChI=1S/C40H41N7O4/c1-28(2)45-38-39(49)46(36(24-44-38)33-20-32(21-34(42)22-33)15-9-14-29-10-5-3-6-11-29)25-37(48)43-23-30-16-18-35(19-17-30)47(27-41)40(50)51-26-31-12-7-4-8-13-31/h3-13,15-22,24,27-28,41H,14,23,25-26,42H2,1-2H3,(H,43,48)(H,44,45)/b15-9+,41-27?. The number of aromatic nitrogens is 2. The van der Waals surface area contributed by atoms with Crippen LogP contribution in [0.1, 0.15) is 36.1 Å². The van der Waals surface area contributed by atoms with Gasteiger partial charge in [-0.3, -0.25) is 19.6 Å². The number of nitrogens with zero attached hydrogens (tertiary/aromatic N) is 3. The maximum absolute atomic E-state index is 13.7. The van der Waals surface area contributed by atoms with Crippen molar-refractivity contribution in [2.24, 2.45) is 0 Å². The number of rotatable bonds is 14. The Labute approximate surface area is 296 Å². The molecular formula is C40H41N7O4. The van der Waals surface area contributed by atoms with Crippen molar-refractivity contribution in [3.8, 4) is 11.3 Å². The average molecular weight is 684 g/mol. The number of nitrogens with two attached hydrogens (primary N) is 1. The Morgan fingerprint density at radius 2 is 1.63 bits per heavy atom. The molecule has 1 heterocycles. The van der Waals surface area contributed by atoms with Crippen LogP contribution in [0.2, 0.25) is 0 Å². The van der Waals surface area contributed by atoms with Crippen LogP contribution in [0.4, 0.5) is 22.0 Å². The van der Waals surface area contributed by atoms with Crippen LogP contribution in [-0.2, 0) is 35.6 Å². The Morgan fingerprint density at radius 1 is 0.941 bits per heavy atom. The quantitative estimate of drug-likeness (QED) is 0.0581. The van der Waals surface area contributed by atoms with Crippen LogP contribution in [-0.4, -0.2) is 33.9 Å². The van der Waals surface area contributed by atoms with Crippen molar-refractivity contribution in [3.63, 3.8) is 0 Å². The minimum atomic E-state index is -0.685. The molecule has 5 N–H and O–H groups in total. The van der Waals surface area contributed by atoms with Crippen LogP contribution in [0.25, 0.3) is 17.3 Å². The minimum absolute atomic E-state index is 0.0516. The van der Waals surface area contributed by atoms with E-state index in [1.807, 2.05) is 80.6 Å². The van der Waals surface area contributed by atoms with Gasteiger partial charge in [-0.2, -0.15) is 0 Å². The third kappa shape index (κ3) is 10.0. The van der Waals surface area contributed by atoms with Gasteiger partial charge in [0.15, 0.2) is 5.82 Å². The van der Waals surface area contributed by atoms with Crippen LogP contribution in [0.5, 0.6) is 0 Å². The number of amides is 2. The predicted molar refractivity (Wildman–Crippen MR) is 202 cm³/mol. The topological polar surface area (TPSA) is 155 Å². The van der Waals surface area contributed by atoms with Gasteiger partial charge in [-0.05, 0) is 72.9 Å². The van der Waals surface area contributed by atoms with Crippen molar-refractivity contribution in [1.29, 1.82) is 5.41 Å². The Morgan fingerprint density at radius 3 is 2.29 bits per heavy atom. The normalized spacial score (nSPS) is 11.0. The number of anilines is 3. The summed E-state index contributed by atoms with van der Waals surface area (Å²) in [5.41, 5.74) is 11.5. The first-order chi connectivity index (χ1) is 24.7. The maximum Gasteiger partial charge on any atom is 0.420 e. The third-order valence-electron chi connectivity index (χ3n) is 7.80. The summed E-state index contributed by atoms with van der Waals surface area (Å²) >= 11 is 0. The SMILES string of the molecule is CC(C)Nc1ncc(-c2cc(N)cc(/C=C/Cc3ccccc3)c2)n(CC(=O)NCc2ccc(N(C=N)C(=O)OCc3ccccc3)cc2)c1=O. The van der Waals surface area contributed by atoms with Crippen molar-refractivity contribution in [1.82, 2.24) is 14.9 Å². The number of benzene rings is 4. The second-order valence-electron chi connectivity index (χ2n) is 12.1. The van der Waals surface area contributed by atoms with Crippen LogP contribution in [0.15, 0.2) is 120 Å². The summed E-state index contributed by atoms with van der Waals surface area (Å²) in [5, 5.41) is 13.7. The number of nitrogens with one attached hydrogen (secondary N) is 3. The van der Waals surface area contributed by atoms with E-state index in [1.165, 1.54) is 10.1 Å². The Balaban J connectivity index is 1.29. The molecule has 0 radical (unpaired) electrons. The fourth-order valence-electron chi connectivity index (χ4n) is 5.31. The van der Waals surface area contributed by atoms with E-state index in [1.54, 1.807) is 36.5 Å². The predicted octanol–water partition coefficient (Wildman–Crippen LogP) is 6.64. The molecule has 11 heteroatoms. The summed E-state index contributed by atoms with van der Waals surface area (Å²) in [5.74, 6) is -0.247. The fraction of sp³-hybridized carbons (Fsp3) is 0.175. The van der Waals surface area contributed by atoms with Crippen molar-refractivity contribution in [2.75, 3.05) is 16.0 Å². The molecule has 0 atom stereocenters. The number of ether oxygens (including phenoxy) is 1. The van der Waals surface area contributed by atoms with E-state index in [2.05, 4.69) is 33.8 Å². The molecule has 2 amide bonds. The number of carbonyl (C=O) groups is 2. The Kier molecular flexibility index (Phi) is 12.1. The molecule has 0 aliphatic heterocycles. The van der Waals surface area contributed by atoms with Crippen LogP contribution < -0.4 is 26.8 Å². The van der Waals surface area contributed by atoms with Gasteiger partial charge in [0, 0.05) is 23.8 Å². The molecule has 4 aromatic carbocycles. The molecular weight excluding hydrogens is 642 g/mol. The smallest absolute Gasteiger partial charge is 0.420 e. The maximum atomic E-state index is 13.7. The number of hydrogen-bond donors (Lipinski definition) is 4. The highest BCUT2D eigenvalue weighted by Crippen LogP contribution is 2.24. The van der Waals surface area contributed by atoms with Gasteiger partial charge in [0.2, 0.25) is 5.91 Å². The molecule has 0 fully saturated rings. The molecule has 51 heavy (non-hydrogen) atoms. The molecule has 5 aromatic rings. The van der Waals surface area contributed by atoms with Crippen molar-refractivity contribution < 1.29 is 14.3 Å². The highest BCUT2D eigenvalue weighted by Gasteiger charge is 2.18. The van der Waals surface area contributed by atoms with Gasteiger partial charge in [-0.15, -0.1) is 0 Å². The highest BCUT2D eigenvalue weighted by atomic mass is 16.6. The second kappa shape index (κ2) is 17.3. The lowest BCUT2D eigenvalue weighted by Crippen LogP contribution is -2.35. The molecule has 0 aliphatic carbocycles. The molecule has 0 aliphatic rings. The van der Waals surface area contributed by atoms with E-state index in [9.17, 15) is 14.4 Å². The Hall–Kier alpha value is -6.49. The molecule has 11 nitrogen and oxygen atoms in total. The first-order valence-electron chi connectivity index (χ1n) is 16.5. The van der Waals surface area contributed by atoms with Crippen molar-refractivity contribution in [2.45, 2.75) is 46.0 Å². The van der Waals surface area contributed by atoms with Crippen molar-refractivity contribution in [3.05, 3.63) is 148 Å². The number of nitrogen functional groups attached to an aromatic ring is 1. The zero-order chi connectivity index (χ0) is 36.2. The van der Waals surface area contributed by atoms with Gasteiger partial charge in [-0.25, -0.2) is 14.7 Å². The first-order valence-corrected chi connectivity index (χ1v) is 16.5. The number of allylic oxidation sites excluding steroid dienone is 1. The van der Waals surface area contributed by atoms with Crippen LogP contribution >= 0.6 is 0 Å². The summed E-state index contributed by atoms with van der Waals surface area (Å²) in [7, 11) is 0. The summed E-state index contributed by atoms with van der Waals surface area (Å²) in [4.78, 5) is 45.1. The molecule has 260 valence electrons. The van der Waals surface area contributed by atoms with E-state index in [0.29, 0.717) is 22.6 Å². The van der Waals surface area contributed by atoms with E-state index < -0.39 is 11.7 Å². The Bertz CT molecular complexity index is 2040. The largest absolute Gasteiger partial charge is 0.444 e.